The van der Waals surface area contributed by atoms with Gasteiger partial charge in [-0.3, -0.25) is 4.79 Å². The zero-order valence-corrected chi connectivity index (χ0v) is 15.8. The molecule has 1 amide bonds. The highest BCUT2D eigenvalue weighted by Crippen LogP contribution is 2.18. The maximum absolute atomic E-state index is 12.6. The van der Waals surface area contributed by atoms with Crippen LogP contribution < -0.4 is 4.57 Å². The molecule has 25 heavy (non-hydrogen) atoms. The third-order valence-corrected chi connectivity index (χ3v) is 4.58. The monoisotopic (exact) mass is 346 g/mol. The average molecular weight is 346 g/mol. The molecule has 0 fully saturated rings. The molecule has 0 saturated carbocycles. The average Bonchev–Trinajstić information content (AvgIpc) is 2.87. The standard InChI is InChI=1S/C19H28N3O3/c1-6-20(7-2)18(23)13-22-14(5)21(8-3)16-11-10-15(12-17(16)22)19(24)25-9-4/h10-12H,6-9,13H2,1-5H3/q+1. The molecular formula is C19H28N3O3+. The van der Waals surface area contributed by atoms with E-state index in [1.165, 1.54) is 0 Å². The second-order valence-electron chi connectivity index (χ2n) is 5.87. The van der Waals surface area contributed by atoms with Gasteiger partial charge in [0.1, 0.15) is 0 Å². The third kappa shape index (κ3) is 3.67. The molecule has 2 aromatic rings. The number of amides is 1. The van der Waals surface area contributed by atoms with Gasteiger partial charge in [-0.15, -0.1) is 0 Å². The van der Waals surface area contributed by atoms with Gasteiger partial charge in [0.05, 0.1) is 18.7 Å². The third-order valence-electron chi connectivity index (χ3n) is 4.58. The molecule has 0 aliphatic carbocycles. The van der Waals surface area contributed by atoms with Gasteiger partial charge in [-0.2, -0.15) is 0 Å². The second-order valence-corrected chi connectivity index (χ2v) is 5.87. The molecule has 0 aliphatic rings. The fourth-order valence-electron chi connectivity index (χ4n) is 3.21. The number of carbonyl (C=O) groups is 2. The molecule has 2 rings (SSSR count). The number of rotatable bonds is 7. The number of carbonyl (C=O) groups excluding carboxylic acids is 2. The van der Waals surface area contributed by atoms with Crippen LogP contribution in [-0.2, 0) is 22.6 Å². The summed E-state index contributed by atoms with van der Waals surface area (Å²) in [5.74, 6) is 0.738. The van der Waals surface area contributed by atoms with E-state index < -0.39 is 0 Å². The number of esters is 1. The fourth-order valence-corrected chi connectivity index (χ4v) is 3.21. The molecule has 0 unspecified atom stereocenters. The lowest BCUT2D eigenvalue weighted by Gasteiger charge is -2.17. The summed E-state index contributed by atoms with van der Waals surface area (Å²) in [5, 5.41) is 0. The topological polar surface area (TPSA) is 55.4 Å². The van der Waals surface area contributed by atoms with Crippen molar-refractivity contribution >= 4 is 22.9 Å². The number of ether oxygens (including phenoxy) is 1. The van der Waals surface area contributed by atoms with E-state index in [1.807, 2.05) is 42.4 Å². The lowest BCUT2D eigenvalue weighted by molar-refractivity contribution is -0.674. The fraction of sp³-hybridized carbons (Fsp3) is 0.526. The van der Waals surface area contributed by atoms with Crippen molar-refractivity contribution in [2.24, 2.45) is 0 Å². The highest BCUT2D eigenvalue weighted by Gasteiger charge is 2.25. The van der Waals surface area contributed by atoms with Gasteiger partial charge in [0.25, 0.3) is 11.7 Å². The molecule has 1 aromatic carbocycles. The van der Waals surface area contributed by atoms with Crippen LogP contribution in [0.5, 0.6) is 0 Å². The van der Waals surface area contributed by atoms with Gasteiger partial charge < -0.3 is 9.64 Å². The van der Waals surface area contributed by atoms with Gasteiger partial charge in [-0.05, 0) is 39.8 Å². The number of benzene rings is 1. The van der Waals surface area contributed by atoms with Crippen molar-refractivity contribution in [1.29, 1.82) is 0 Å². The van der Waals surface area contributed by atoms with E-state index in [4.69, 9.17) is 4.74 Å². The summed E-state index contributed by atoms with van der Waals surface area (Å²) in [6.45, 7) is 12.6. The van der Waals surface area contributed by atoms with Crippen LogP contribution in [0.3, 0.4) is 0 Å². The quantitative estimate of drug-likeness (QED) is 0.571. The maximum Gasteiger partial charge on any atom is 0.338 e. The molecule has 136 valence electrons. The highest BCUT2D eigenvalue weighted by atomic mass is 16.5. The Bertz CT molecular complexity index is 776. The van der Waals surface area contributed by atoms with Gasteiger partial charge >= 0.3 is 5.97 Å². The summed E-state index contributed by atoms with van der Waals surface area (Å²) in [7, 11) is 0. The Morgan fingerprint density at radius 2 is 1.84 bits per heavy atom. The van der Waals surface area contributed by atoms with E-state index in [0.717, 1.165) is 23.4 Å². The Morgan fingerprint density at radius 3 is 2.40 bits per heavy atom. The van der Waals surface area contributed by atoms with E-state index in [9.17, 15) is 9.59 Å². The molecule has 0 spiro atoms. The Hall–Kier alpha value is -2.37. The van der Waals surface area contributed by atoms with Crippen molar-refractivity contribution in [3.8, 4) is 0 Å². The minimum atomic E-state index is -0.340. The Balaban J connectivity index is 2.53. The molecular weight excluding hydrogens is 318 g/mol. The number of hydrogen-bond donors (Lipinski definition) is 0. The number of aryl methyl sites for hydroxylation is 1. The zero-order valence-electron chi connectivity index (χ0n) is 15.8. The number of likely N-dealkylation sites (N-methyl/N-ethyl adjacent to an activating group) is 1. The number of hydrogen-bond acceptors (Lipinski definition) is 3. The molecule has 6 nitrogen and oxygen atoms in total. The van der Waals surface area contributed by atoms with Gasteiger partial charge in [-0.1, -0.05) is 0 Å². The normalized spacial score (nSPS) is 10.9. The molecule has 0 atom stereocenters. The first kappa shape index (κ1) is 19.0. The predicted octanol–water partition coefficient (Wildman–Crippen LogP) is 2.30. The van der Waals surface area contributed by atoms with Crippen LogP contribution in [0.25, 0.3) is 11.0 Å². The Kier molecular flexibility index (Phi) is 6.17. The van der Waals surface area contributed by atoms with Crippen molar-refractivity contribution in [2.45, 2.75) is 47.7 Å². The maximum atomic E-state index is 12.6. The van der Waals surface area contributed by atoms with Crippen LogP contribution in [0, 0.1) is 6.92 Å². The van der Waals surface area contributed by atoms with E-state index in [1.54, 1.807) is 13.0 Å². The van der Waals surface area contributed by atoms with Gasteiger partial charge in [0.2, 0.25) is 0 Å². The van der Waals surface area contributed by atoms with Crippen molar-refractivity contribution in [3.05, 3.63) is 29.6 Å². The lowest BCUT2D eigenvalue weighted by Crippen LogP contribution is -2.37. The van der Waals surface area contributed by atoms with Crippen molar-refractivity contribution in [1.82, 2.24) is 9.47 Å². The van der Waals surface area contributed by atoms with Crippen molar-refractivity contribution < 1.29 is 18.9 Å². The van der Waals surface area contributed by atoms with E-state index in [0.29, 0.717) is 25.3 Å². The summed E-state index contributed by atoms with van der Waals surface area (Å²) in [6, 6.07) is 5.53. The summed E-state index contributed by atoms with van der Waals surface area (Å²) in [4.78, 5) is 26.5. The number of nitrogens with zero attached hydrogens (tertiary/aromatic N) is 3. The van der Waals surface area contributed by atoms with E-state index in [-0.39, 0.29) is 18.4 Å². The minimum absolute atomic E-state index is 0.0785. The smallest absolute Gasteiger partial charge is 0.338 e. The van der Waals surface area contributed by atoms with Crippen molar-refractivity contribution in [2.75, 3.05) is 19.7 Å². The first-order chi connectivity index (χ1) is 12.0. The second kappa shape index (κ2) is 8.14. The molecule has 1 heterocycles. The Labute approximate surface area is 149 Å². The lowest BCUT2D eigenvalue weighted by atomic mass is 10.2. The first-order valence-electron chi connectivity index (χ1n) is 8.95. The van der Waals surface area contributed by atoms with Gasteiger partial charge in [0.15, 0.2) is 17.6 Å². The number of aromatic nitrogens is 2. The number of imidazole rings is 1. The minimum Gasteiger partial charge on any atom is -0.462 e. The molecule has 0 saturated heterocycles. The summed E-state index contributed by atoms with van der Waals surface area (Å²) >= 11 is 0. The van der Waals surface area contributed by atoms with Crippen LogP contribution in [0.15, 0.2) is 18.2 Å². The predicted molar refractivity (Wildman–Crippen MR) is 96.4 cm³/mol. The molecule has 6 heteroatoms. The molecule has 0 bridgehead atoms. The summed E-state index contributed by atoms with van der Waals surface area (Å²) < 4.78 is 9.24. The largest absolute Gasteiger partial charge is 0.462 e. The Morgan fingerprint density at radius 1 is 1.16 bits per heavy atom. The van der Waals surface area contributed by atoms with Crippen LogP contribution in [0.4, 0.5) is 0 Å². The van der Waals surface area contributed by atoms with Crippen molar-refractivity contribution in [3.63, 3.8) is 0 Å². The van der Waals surface area contributed by atoms with Gasteiger partial charge in [-0.25, -0.2) is 13.9 Å². The summed E-state index contributed by atoms with van der Waals surface area (Å²) in [5.41, 5.74) is 2.40. The number of fused-ring (bicyclic) bond motifs is 1. The van der Waals surface area contributed by atoms with Crippen LogP contribution in [0.2, 0.25) is 0 Å². The van der Waals surface area contributed by atoms with E-state index >= 15 is 0 Å². The van der Waals surface area contributed by atoms with Gasteiger partial charge in [0, 0.05) is 26.1 Å². The SMILES string of the molecule is CCOC(=O)c1ccc2c(c1)n(CC(=O)N(CC)CC)c(C)[n+]2CC. The first-order valence-corrected chi connectivity index (χ1v) is 8.95. The van der Waals surface area contributed by atoms with E-state index in [2.05, 4.69) is 11.5 Å². The van der Waals surface area contributed by atoms with Crippen LogP contribution in [-0.4, -0.2) is 41.0 Å². The molecule has 1 aromatic heterocycles. The summed E-state index contributed by atoms with van der Waals surface area (Å²) in [6.07, 6.45) is 0. The highest BCUT2D eigenvalue weighted by molar-refractivity contribution is 5.93. The molecule has 0 radical (unpaired) electrons. The molecule has 0 aliphatic heterocycles. The molecule has 0 N–H and O–H groups in total. The zero-order chi connectivity index (χ0) is 18.6. The van der Waals surface area contributed by atoms with Crippen LogP contribution in [0.1, 0.15) is 43.9 Å². The van der Waals surface area contributed by atoms with Crippen LogP contribution >= 0.6 is 0 Å².